The van der Waals surface area contributed by atoms with Crippen LogP contribution >= 0.6 is 11.6 Å². The van der Waals surface area contributed by atoms with Crippen LogP contribution in [0.4, 0.5) is 10.1 Å². The van der Waals surface area contributed by atoms with Crippen molar-refractivity contribution in [3.8, 4) is 5.75 Å². The second-order valence-electron chi connectivity index (χ2n) is 6.99. The zero-order chi connectivity index (χ0) is 22.4. The Morgan fingerprint density at radius 2 is 1.81 bits per heavy atom. The van der Waals surface area contributed by atoms with Gasteiger partial charge < -0.3 is 15.0 Å². The number of nitrogens with zero attached hydrogens (tertiary/aromatic N) is 1. The summed E-state index contributed by atoms with van der Waals surface area (Å²) in [6.45, 7) is 1.64. The Hall–Kier alpha value is -3.38. The number of anilines is 1. The van der Waals surface area contributed by atoms with Gasteiger partial charge in [0.2, 0.25) is 0 Å². The van der Waals surface area contributed by atoms with Gasteiger partial charge in [0, 0.05) is 18.3 Å². The van der Waals surface area contributed by atoms with Gasteiger partial charge in [-0.25, -0.2) is 4.39 Å². The molecule has 7 heteroatoms. The first-order valence-electron chi connectivity index (χ1n) is 9.65. The van der Waals surface area contributed by atoms with Crippen molar-refractivity contribution in [2.75, 3.05) is 19.0 Å². The van der Waals surface area contributed by atoms with Crippen molar-refractivity contribution in [1.29, 1.82) is 0 Å². The van der Waals surface area contributed by atoms with Gasteiger partial charge in [-0.15, -0.1) is 0 Å². The van der Waals surface area contributed by atoms with Gasteiger partial charge in [-0.05, 0) is 55.0 Å². The van der Waals surface area contributed by atoms with Crippen molar-refractivity contribution in [2.45, 2.75) is 13.0 Å². The normalized spacial score (nSPS) is 11.5. The minimum Gasteiger partial charge on any atom is -0.482 e. The summed E-state index contributed by atoms with van der Waals surface area (Å²) in [4.78, 5) is 26.5. The SMILES string of the molecule is CC(c1cccc(NC(=O)c2ccccc2)c1)N(C)C(=O)COc1ccc(F)cc1Cl. The molecule has 5 nitrogen and oxygen atoms in total. The zero-order valence-electron chi connectivity index (χ0n) is 17.1. The lowest BCUT2D eigenvalue weighted by Crippen LogP contribution is -2.33. The molecule has 0 heterocycles. The van der Waals surface area contributed by atoms with E-state index in [0.717, 1.165) is 11.6 Å². The number of amides is 2. The Morgan fingerprint density at radius 3 is 2.52 bits per heavy atom. The average molecular weight is 441 g/mol. The summed E-state index contributed by atoms with van der Waals surface area (Å²) in [7, 11) is 1.66. The van der Waals surface area contributed by atoms with E-state index in [4.69, 9.17) is 16.3 Å². The fourth-order valence-corrected chi connectivity index (χ4v) is 3.16. The van der Waals surface area contributed by atoms with Crippen LogP contribution in [-0.4, -0.2) is 30.4 Å². The topological polar surface area (TPSA) is 58.6 Å². The molecule has 3 aromatic rings. The molecule has 1 atom stereocenters. The first kappa shape index (κ1) is 22.3. The van der Waals surface area contributed by atoms with E-state index < -0.39 is 5.82 Å². The fourth-order valence-electron chi connectivity index (χ4n) is 2.94. The number of benzene rings is 3. The first-order valence-corrected chi connectivity index (χ1v) is 10.0. The van der Waals surface area contributed by atoms with E-state index in [2.05, 4.69) is 5.32 Å². The van der Waals surface area contributed by atoms with Gasteiger partial charge in [0.05, 0.1) is 11.1 Å². The number of ether oxygens (including phenoxy) is 1. The standard InChI is InChI=1S/C24H22ClFN2O3/c1-16(28(2)23(29)15-31-22-12-11-19(26)14-21(22)25)18-9-6-10-20(13-18)27-24(30)17-7-4-3-5-8-17/h3-14,16H,15H2,1-2H3,(H,27,30). The Morgan fingerprint density at radius 1 is 1.06 bits per heavy atom. The third-order valence-electron chi connectivity index (χ3n) is 4.88. The molecule has 0 bridgehead atoms. The summed E-state index contributed by atoms with van der Waals surface area (Å²) in [6.07, 6.45) is 0. The number of hydrogen-bond acceptors (Lipinski definition) is 3. The summed E-state index contributed by atoms with van der Waals surface area (Å²) in [6, 6.07) is 19.7. The molecule has 0 saturated carbocycles. The quantitative estimate of drug-likeness (QED) is 0.540. The van der Waals surface area contributed by atoms with E-state index in [0.29, 0.717) is 11.3 Å². The number of hydrogen-bond donors (Lipinski definition) is 1. The van der Waals surface area contributed by atoms with E-state index in [9.17, 15) is 14.0 Å². The smallest absolute Gasteiger partial charge is 0.260 e. The van der Waals surface area contributed by atoms with Crippen LogP contribution in [0.25, 0.3) is 0 Å². The summed E-state index contributed by atoms with van der Waals surface area (Å²) in [5.41, 5.74) is 2.04. The van der Waals surface area contributed by atoms with Gasteiger partial charge in [-0.3, -0.25) is 9.59 Å². The summed E-state index contributed by atoms with van der Waals surface area (Å²) in [5.74, 6) is -0.720. The van der Waals surface area contributed by atoms with Gasteiger partial charge in [0.1, 0.15) is 11.6 Å². The minimum atomic E-state index is -0.478. The van der Waals surface area contributed by atoms with Crippen LogP contribution in [0.5, 0.6) is 5.75 Å². The molecule has 0 aliphatic carbocycles. The van der Waals surface area contributed by atoms with E-state index in [1.54, 1.807) is 37.4 Å². The largest absolute Gasteiger partial charge is 0.482 e. The fraction of sp³-hybridized carbons (Fsp3) is 0.167. The van der Waals surface area contributed by atoms with E-state index in [1.807, 2.05) is 31.2 Å². The van der Waals surface area contributed by atoms with Crippen molar-refractivity contribution < 1.29 is 18.7 Å². The molecule has 0 aliphatic rings. The van der Waals surface area contributed by atoms with Gasteiger partial charge in [0.15, 0.2) is 6.61 Å². The second kappa shape index (κ2) is 10.1. The van der Waals surface area contributed by atoms with Crippen LogP contribution < -0.4 is 10.1 Å². The van der Waals surface area contributed by atoms with Gasteiger partial charge in [-0.2, -0.15) is 0 Å². The van der Waals surface area contributed by atoms with Crippen LogP contribution in [0.15, 0.2) is 72.8 Å². The maximum absolute atomic E-state index is 13.1. The van der Waals surface area contributed by atoms with Gasteiger partial charge in [-0.1, -0.05) is 41.9 Å². The molecule has 0 spiro atoms. The molecule has 3 aromatic carbocycles. The number of rotatable bonds is 7. The van der Waals surface area contributed by atoms with Crippen LogP contribution in [0.1, 0.15) is 28.9 Å². The van der Waals surface area contributed by atoms with Crippen molar-refractivity contribution in [3.05, 3.63) is 94.8 Å². The maximum Gasteiger partial charge on any atom is 0.260 e. The molecule has 1 unspecified atom stereocenters. The molecule has 0 saturated heterocycles. The number of halogens is 2. The van der Waals surface area contributed by atoms with Crippen molar-refractivity contribution in [3.63, 3.8) is 0 Å². The second-order valence-corrected chi connectivity index (χ2v) is 7.40. The minimum absolute atomic E-state index is 0.102. The number of likely N-dealkylation sites (N-methyl/N-ethyl adjacent to an activating group) is 1. The lowest BCUT2D eigenvalue weighted by molar-refractivity contribution is -0.134. The molecule has 0 aliphatic heterocycles. The van der Waals surface area contributed by atoms with Crippen LogP contribution in [0.3, 0.4) is 0 Å². The lowest BCUT2D eigenvalue weighted by Gasteiger charge is -2.26. The van der Waals surface area contributed by atoms with Crippen LogP contribution in [0, 0.1) is 5.82 Å². The molecule has 160 valence electrons. The average Bonchev–Trinajstić information content (AvgIpc) is 2.78. The molecular formula is C24H22ClFN2O3. The highest BCUT2D eigenvalue weighted by atomic mass is 35.5. The van der Waals surface area contributed by atoms with Crippen LogP contribution in [-0.2, 0) is 4.79 Å². The van der Waals surface area contributed by atoms with Crippen LogP contribution in [0.2, 0.25) is 5.02 Å². The molecule has 0 fully saturated rings. The first-order chi connectivity index (χ1) is 14.8. The number of nitrogens with one attached hydrogen (secondary N) is 1. The number of carbonyl (C=O) groups excluding carboxylic acids is 2. The monoisotopic (exact) mass is 440 g/mol. The summed E-state index contributed by atoms with van der Waals surface area (Å²) < 4.78 is 18.6. The third-order valence-corrected chi connectivity index (χ3v) is 5.18. The van der Waals surface area contributed by atoms with Crippen molar-refractivity contribution in [2.24, 2.45) is 0 Å². The molecule has 0 radical (unpaired) electrons. The Balaban J connectivity index is 1.63. The van der Waals surface area contributed by atoms with E-state index in [-0.39, 0.29) is 35.2 Å². The molecular weight excluding hydrogens is 419 g/mol. The van der Waals surface area contributed by atoms with Crippen molar-refractivity contribution >= 4 is 29.1 Å². The summed E-state index contributed by atoms with van der Waals surface area (Å²) >= 11 is 5.93. The summed E-state index contributed by atoms with van der Waals surface area (Å²) in [5, 5.41) is 2.97. The Labute approximate surface area is 185 Å². The predicted octanol–water partition coefficient (Wildman–Crippen LogP) is 5.33. The molecule has 1 N–H and O–H groups in total. The Kier molecular flexibility index (Phi) is 7.26. The van der Waals surface area contributed by atoms with Crippen molar-refractivity contribution in [1.82, 2.24) is 4.90 Å². The highest BCUT2D eigenvalue weighted by molar-refractivity contribution is 6.32. The molecule has 3 rings (SSSR count). The molecule has 0 aromatic heterocycles. The van der Waals surface area contributed by atoms with E-state index >= 15 is 0 Å². The highest BCUT2D eigenvalue weighted by Gasteiger charge is 2.19. The lowest BCUT2D eigenvalue weighted by atomic mass is 10.1. The maximum atomic E-state index is 13.1. The Bertz CT molecular complexity index is 1080. The highest BCUT2D eigenvalue weighted by Crippen LogP contribution is 2.26. The predicted molar refractivity (Wildman–Crippen MR) is 119 cm³/mol. The van der Waals surface area contributed by atoms with E-state index in [1.165, 1.54) is 17.0 Å². The molecule has 31 heavy (non-hydrogen) atoms. The van der Waals surface area contributed by atoms with Gasteiger partial charge in [0.25, 0.3) is 11.8 Å². The molecule has 2 amide bonds. The van der Waals surface area contributed by atoms with Gasteiger partial charge >= 0.3 is 0 Å². The number of carbonyl (C=O) groups is 2. The zero-order valence-corrected chi connectivity index (χ0v) is 17.9. The third kappa shape index (κ3) is 5.83.